The van der Waals surface area contributed by atoms with E-state index in [1.807, 2.05) is 34.6 Å². The molecule has 18 nitrogen and oxygen atoms in total. The largest absolute Gasteiger partial charge is 0.493 e. The maximum atomic E-state index is 14.3. The summed E-state index contributed by atoms with van der Waals surface area (Å²) in [4.78, 5) is 119. The van der Waals surface area contributed by atoms with Crippen molar-refractivity contribution < 1.29 is 52.6 Å². The molecule has 4 fully saturated rings. The summed E-state index contributed by atoms with van der Waals surface area (Å²) in [6, 6.07) is 0.473. The number of carbonyl (C=O) groups is 9. The highest BCUT2D eigenvalue weighted by atomic mass is 16.5. The van der Waals surface area contributed by atoms with Crippen LogP contribution >= 0.6 is 0 Å². The molecule has 1 aliphatic carbocycles. The Balaban J connectivity index is 0.924. The normalized spacial score (nSPS) is 24.8. The number of likely N-dealkylation sites (tertiary alicyclic amines) is 1. The van der Waals surface area contributed by atoms with Gasteiger partial charge in [-0.2, -0.15) is 0 Å². The Hall–Kier alpha value is -5.39. The maximum Gasteiger partial charge on any atom is 0.315 e. The summed E-state index contributed by atoms with van der Waals surface area (Å²) in [6.07, 6.45) is 4.56. The summed E-state index contributed by atoms with van der Waals surface area (Å²) < 4.78 is 11.8. The van der Waals surface area contributed by atoms with Crippen LogP contribution in [-0.2, 0) is 33.5 Å². The number of amides is 9. The Morgan fingerprint density at radius 1 is 0.937 bits per heavy atom. The van der Waals surface area contributed by atoms with E-state index in [4.69, 9.17) is 9.47 Å². The third kappa shape index (κ3) is 10.4. The highest BCUT2D eigenvalue weighted by Gasteiger charge is 2.70. The standard InChI is InChI=1S/C45H63N7O11/c1-43(2,3)35(41(60)51-22-28-33(45(28,6)7)34(51)38(57)47-26(23-53)21-25-17-18-46-36(25)55)49-42(61)50-44(4,5)24-62-19-10-8-9-11-20-63-30-14-12-13-27-32(30)40(59)52(39(27)58)29-15-16-31(54)48-37(29)56/h12-14,23,25-26,28-29,33-35H,8-11,15-22,24H2,1-7H3,(H,46,55)(H,47,57)(H,48,54,56)(H2,49,50,61)/t25-,26-,28-,29?,33-,34-,35+/m0/s1. The lowest BCUT2D eigenvalue weighted by molar-refractivity contribution is -0.144. The SMILES string of the molecule is CC(C)(COCCCCCCOc1cccc2c1C(=O)N(C1CCC(=O)NC1=O)C2=O)NC(=O)N[C@H](C(=O)N1C[C@H]2[C@@H]([C@H]1C(=O)N[C@H](C=O)C[C@@H]1CCNC1=O)C2(C)C)C(C)(C)C. The van der Waals surface area contributed by atoms with Crippen LogP contribution in [0.5, 0.6) is 5.75 Å². The van der Waals surface area contributed by atoms with Gasteiger partial charge in [0.25, 0.3) is 11.8 Å². The van der Waals surface area contributed by atoms with E-state index >= 15 is 0 Å². The number of imide groups is 2. The summed E-state index contributed by atoms with van der Waals surface area (Å²) in [5, 5.41) is 13.6. The molecule has 6 rings (SSSR count). The van der Waals surface area contributed by atoms with Crippen molar-refractivity contribution in [3.63, 3.8) is 0 Å². The number of rotatable bonds is 19. The summed E-state index contributed by atoms with van der Waals surface area (Å²) >= 11 is 0. The Labute approximate surface area is 368 Å². The molecule has 344 valence electrons. The smallest absolute Gasteiger partial charge is 0.315 e. The van der Waals surface area contributed by atoms with Crippen molar-refractivity contribution in [1.82, 2.24) is 36.4 Å². The number of hydrogen-bond donors (Lipinski definition) is 5. The first-order valence-corrected chi connectivity index (χ1v) is 22.1. The van der Waals surface area contributed by atoms with E-state index in [0.717, 1.165) is 24.2 Å². The van der Waals surface area contributed by atoms with Crippen molar-refractivity contribution in [3.8, 4) is 5.75 Å². The number of ether oxygens (including phenoxy) is 2. The van der Waals surface area contributed by atoms with Crippen molar-refractivity contribution in [2.45, 2.75) is 130 Å². The van der Waals surface area contributed by atoms with Gasteiger partial charge in [0.2, 0.25) is 29.5 Å². The van der Waals surface area contributed by atoms with Gasteiger partial charge >= 0.3 is 6.03 Å². The van der Waals surface area contributed by atoms with Crippen molar-refractivity contribution >= 4 is 53.7 Å². The molecule has 18 heteroatoms. The van der Waals surface area contributed by atoms with Gasteiger partial charge < -0.3 is 40.4 Å². The summed E-state index contributed by atoms with van der Waals surface area (Å²) in [5.74, 6) is -3.41. The number of carbonyl (C=O) groups excluding carboxylic acids is 9. The van der Waals surface area contributed by atoms with Gasteiger partial charge in [-0.25, -0.2) is 4.79 Å². The van der Waals surface area contributed by atoms with Crippen LogP contribution in [0.4, 0.5) is 4.79 Å². The third-order valence-electron chi connectivity index (χ3n) is 13.1. The lowest BCUT2D eigenvalue weighted by atomic mass is 9.85. The zero-order valence-electron chi connectivity index (χ0n) is 37.4. The molecule has 0 radical (unpaired) electrons. The molecule has 7 atom stereocenters. The second-order valence-electron chi connectivity index (χ2n) is 19.9. The predicted octanol–water partition coefficient (Wildman–Crippen LogP) is 2.23. The maximum absolute atomic E-state index is 14.3. The van der Waals surface area contributed by atoms with Gasteiger partial charge in [-0.3, -0.25) is 43.8 Å². The van der Waals surface area contributed by atoms with Gasteiger partial charge in [-0.1, -0.05) is 47.1 Å². The summed E-state index contributed by atoms with van der Waals surface area (Å²) in [6.45, 7) is 15.1. The highest BCUT2D eigenvalue weighted by molar-refractivity contribution is 6.24. The minimum absolute atomic E-state index is 0.0360. The van der Waals surface area contributed by atoms with Crippen LogP contribution in [0.2, 0.25) is 0 Å². The van der Waals surface area contributed by atoms with E-state index in [2.05, 4.69) is 40.4 Å². The molecule has 1 aromatic rings. The van der Waals surface area contributed by atoms with Crippen LogP contribution in [0.1, 0.15) is 121 Å². The van der Waals surface area contributed by atoms with Gasteiger partial charge in [-0.15, -0.1) is 0 Å². The molecule has 5 aliphatic rings. The molecular weight excluding hydrogens is 815 g/mol. The number of fused-ring (bicyclic) bond motifs is 2. The average Bonchev–Trinajstić information content (AvgIpc) is 3.61. The van der Waals surface area contributed by atoms with E-state index in [9.17, 15) is 43.2 Å². The monoisotopic (exact) mass is 877 g/mol. The molecule has 1 aromatic carbocycles. The summed E-state index contributed by atoms with van der Waals surface area (Å²) in [7, 11) is 0. The number of urea groups is 1. The first kappa shape index (κ1) is 47.1. The van der Waals surface area contributed by atoms with E-state index in [1.165, 1.54) is 6.07 Å². The molecule has 0 aromatic heterocycles. The fourth-order valence-electron chi connectivity index (χ4n) is 9.50. The Morgan fingerprint density at radius 3 is 2.30 bits per heavy atom. The van der Waals surface area contributed by atoms with E-state index in [1.54, 1.807) is 17.0 Å². The Bertz CT molecular complexity index is 2010. The zero-order chi connectivity index (χ0) is 46.0. The molecule has 1 saturated carbocycles. The molecule has 5 N–H and O–H groups in total. The van der Waals surface area contributed by atoms with E-state index in [0.29, 0.717) is 45.4 Å². The molecular formula is C45H63N7O11. The number of piperidine rings is 2. The van der Waals surface area contributed by atoms with Gasteiger partial charge in [0, 0.05) is 32.0 Å². The Kier molecular flexibility index (Phi) is 14.0. The number of aldehydes is 1. The number of hydrogen-bond acceptors (Lipinski definition) is 11. The van der Waals surface area contributed by atoms with Crippen molar-refractivity contribution in [2.24, 2.45) is 28.6 Å². The summed E-state index contributed by atoms with van der Waals surface area (Å²) in [5.41, 5.74) is -1.42. The Morgan fingerprint density at radius 2 is 1.65 bits per heavy atom. The molecule has 1 unspecified atom stereocenters. The van der Waals surface area contributed by atoms with Crippen LogP contribution in [0.15, 0.2) is 18.2 Å². The van der Waals surface area contributed by atoms with Gasteiger partial charge in [0.05, 0.1) is 35.9 Å². The number of unbranched alkanes of at least 4 members (excludes halogenated alkanes) is 3. The second-order valence-corrected chi connectivity index (χ2v) is 19.9. The van der Waals surface area contributed by atoms with Crippen LogP contribution in [0.25, 0.3) is 0 Å². The first-order chi connectivity index (χ1) is 29.7. The first-order valence-electron chi connectivity index (χ1n) is 22.1. The van der Waals surface area contributed by atoms with Gasteiger partial charge in [-0.05, 0) is 87.2 Å². The molecule has 4 aliphatic heterocycles. The molecule has 9 amide bonds. The van der Waals surface area contributed by atoms with Crippen LogP contribution in [0.3, 0.4) is 0 Å². The van der Waals surface area contributed by atoms with Crippen LogP contribution in [0, 0.1) is 28.6 Å². The van der Waals surface area contributed by atoms with E-state index < -0.39 is 70.7 Å². The third-order valence-corrected chi connectivity index (χ3v) is 13.1. The van der Waals surface area contributed by atoms with Crippen molar-refractivity contribution in [1.29, 1.82) is 0 Å². The van der Waals surface area contributed by atoms with Gasteiger partial charge in [0.1, 0.15) is 30.2 Å². The number of benzene rings is 1. The molecule has 63 heavy (non-hydrogen) atoms. The minimum atomic E-state index is -1.05. The quantitative estimate of drug-likeness (QED) is 0.0768. The van der Waals surface area contributed by atoms with E-state index in [-0.39, 0.29) is 77.7 Å². The predicted molar refractivity (Wildman–Crippen MR) is 227 cm³/mol. The fraction of sp³-hybridized carbons (Fsp3) is 0.667. The molecule has 3 saturated heterocycles. The van der Waals surface area contributed by atoms with Crippen LogP contribution < -0.4 is 31.3 Å². The minimum Gasteiger partial charge on any atom is -0.493 e. The molecule has 0 bridgehead atoms. The van der Waals surface area contributed by atoms with Crippen molar-refractivity contribution in [2.75, 3.05) is 32.9 Å². The average molecular weight is 878 g/mol. The topological polar surface area (TPSA) is 239 Å². The number of nitrogens with one attached hydrogen (secondary N) is 5. The lowest BCUT2D eigenvalue weighted by Gasteiger charge is -2.38. The second kappa shape index (κ2) is 18.8. The zero-order valence-corrected chi connectivity index (χ0v) is 37.4. The molecule has 4 heterocycles. The van der Waals surface area contributed by atoms with Crippen LogP contribution in [-0.4, -0.2) is 126 Å². The highest BCUT2D eigenvalue weighted by Crippen LogP contribution is 2.65. The fourth-order valence-corrected chi connectivity index (χ4v) is 9.50. The molecule has 0 spiro atoms. The van der Waals surface area contributed by atoms with Crippen molar-refractivity contribution in [3.05, 3.63) is 29.3 Å². The van der Waals surface area contributed by atoms with Gasteiger partial charge in [0.15, 0.2) is 0 Å². The number of nitrogens with zero attached hydrogens (tertiary/aromatic N) is 2. The lowest BCUT2D eigenvalue weighted by Crippen LogP contribution is -2.62.